The first-order chi connectivity index (χ1) is 16.1. The van der Waals surface area contributed by atoms with Gasteiger partial charge in [0.2, 0.25) is 0 Å². The first-order valence-corrected chi connectivity index (χ1v) is 12.1. The van der Waals surface area contributed by atoms with Crippen LogP contribution in [0.15, 0.2) is 83.3 Å². The van der Waals surface area contributed by atoms with Crippen molar-refractivity contribution in [3.8, 4) is 5.69 Å². The van der Waals surface area contributed by atoms with Crippen molar-refractivity contribution >= 4 is 43.7 Å². The lowest BCUT2D eigenvalue weighted by Crippen LogP contribution is -2.12. The summed E-state index contributed by atoms with van der Waals surface area (Å²) in [7, 11) is 0. The Morgan fingerprint density at radius 1 is 0.618 bits per heavy atom. The van der Waals surface area contributed by atoms with Gasteiger partial charge in [0.25, 0.3) is 0 Å². The molecule has 0 aliphatic rings. The number of hydrogen-bond acceptors (Lipinski definition) is 1. The number of benzene rings is 4. The Morgan fingerprint density at radius 3 is 1.82 bits per heavy atom. The molecular formula is C32H31NO. The second-order valence-corrected chi connectivity index (χ2v) is 11.5. The van der Waals surface area contributed by atoms with E-state index in [9.17, 15) is 0 Å². The molecule has 0 unspecified atom stereocenters. The van der Waals surface area contributed by atoms with Gasteiger partial charge in [-0.1, -0.05) is 90.1 Å². The van der Waals surface area contributed by atoms with Crippen molar-refractivity contribution in [2.75, 3.05) is 0 Å². The van der Waals surface area contributed by atoms with Gasteiger partial charge >= 0.3 is 0 Å². The molecule has 2 heterocycles. The van der Waals surface area contributed by atoms with Gasteiger partial charge in [-0.15, -0.1) is 0 Å². The van der Waals surface area contributed by atoms with Crippen LogP contribution < -0.4 is 0 Å². The molecule has 0 atom stereocenters. The van der Waals surface area contributed by atoms with Crippen molar-refractivity contribution < 1.29 is 4.42 Å². The highest BCUT2D eigenvalue weighted by Crippen LogP contribution is 2.43. The Labute approximate surface area is 200 Å². The summed E-state index contributed by atoms with van der Waals surface area (Å²) in [5.41, 5.74) is 8.13. The predicted molar refractivity (Wildman–Crippen MR) is 145 cm³/mol. The van der Waals surface area contributed by atoms with Crippen LogP contribution in [0.4, 0.5) is 0 Å². The zero-order valence-electron chi connectivity index (χ0n) is 20.9. The lowest BCUT2D eigenvalue weighted by molar-refractivity contribution is 0.572. The second-order valence-electron chi connectivity index (χ2n) is 11.5. The largest absolute Gasteiger partial charge is 0.456 e. The van der Waals surface area contributed by atoms with Crippen molar-refractivity contribution in [3.05, 3.63) is 90.0 Å². The fraction of sp³-hybridized carbons (Fsp3) is 0.250. The van der Waals surface area contributed by atoms with Crippen LogP contribution in [-0.2, 0) is 10.8 Å². The van der Waals surface area contributed by atoms with E-state index in [1.807, 2.05) is 0 Å². The Kier molecular flexibility index (Phi) is 4.33. The Hall–Kier alpha value is -3.52. The Bertz CT molecular complexity index is 1660. The van der Waals surface area contributed by atoms with Crippen molar-refractivity contribution in [2.45, 2.75) is 52.4 Å². The summed E-state index contributed by atoms with van der Waals surface area (Å²) < 4.78 is 9.04. The number of para-hydroxylation sites is 2. The molecule has 0 aliphatic heterocycles. The predicted octanol–water partition coefficient (Wildman–Crippen LogP) is 9.28. The zero-order valence-corrected chi connectivity index (χ0v) is 20.9. The van der Waals surface area contributed by atoms with Crippen molar-refractivity contribution in [1.82, 2.24) is 4.57 Å². The fourth-order valence-electron chi connectivity index (χ4n) is 5.29. The van der Waals surface area contributed by atoms with Crippen LogP contribution in [0.1, 0.15) is 52.7 Å². The summed E-state index contributed by atoms with van der Waals surface area (Å²) in [6.45, 7) is 13.6. The molecule has 4 aromatic carbocycles. The standard InChI is InChI=1S/C32H31NO/c1-31(2,3)20-15-18-28-23(19-20)29-27(17-16-24(30(29)34-28)32(4,5)6)33-25-13-9-7-11-21(25)22-12-8-10-14-26(22)33/h7-19H,1-6H3. The minimum absolute atomic E-state index is 0.0294. The zero-order chi connectivity index (χ0) is 23.8. The average Bonchev–Trinajstić information content (AvgIpc) is 3.33. The SMILES string of the molecule is CC(C)(C)c1ccc2oc3c(C(C)(C)C)ccc(-n4c5ccccc5c5ccccc54)c3c2c1. The van der Waals surface area contributed by atoms with Gasteiger partial charge in [-0.2, -0.15) is 0 Å². The summed E-state index contributed by atoms with van der Waals surface area (Å²) in [4.78, 5) is 0. The van der Waals surface area contributed by atoms with Crippen LogP contribution in [-0.4, -0.2) is 4.57 Å². The molecule has 34 heavy (non-hydrogen) atoms. The lowest BCUT2D eigenvalue weighted by atomic mass is 9.84. The molecule has 0 fully saturated rings. The minimum atomic E-state index is -0.0294. The third kappa shape index (κ3) is 3.01. The Balaban J connectivity index is 1.83. The molecule has 170 valence electrons. The molecule has 0 aliphatic carbocycles. The van der Waals surface area contributed by atoms with E-state index in [0.29, 0.717) is 0 Å². The molecule has 6 aromatic rings. The number of aromatic nitrogens is 1. The molecule has 2 aromatic heterocycles. The van der Waals surface area contributed by atoms with Crippen LogP contribution in [0.25, 0.3) is 49.4 Å². The molecule has 0 bridgehead atoms. The van der Waals surface area contributed by atoms with Crippen LogP contribution >= 0.6 is 0 Å². The van der Waals surface area contributed by atoms with Crippen molar-refractivity contribution in [2.24, 2.45) is 0 Å². The molecule has 2 heteroatoms. The number of hydrogen-bond donors (Lipinski definition) is 0. The van der Waals surface area contributed by atoms with E-state index in [4.69, 9.17) is 4.42 Å². The summed E-state index contributed by atoms with van der Waals surface area (Å²) in [6.07, 6.45) is 0. The summed E-state index contributed by atoms with van der Waals surface area (Å²) in [5, 5.41) is 4.93. The van der Waals surface area contributed by atoms with E-state index in [-0.39, 0.29) is 10.8 Å². The van der Waals surface area contributed by atoms with E-state index < -0.39 is 0 Å². The van der Waals surface area contributed by atoms with Crippen LogP contribution in [0.5, 0.6) is 0 Å². The van der Waals surface area contributed by atoms with Crippen LogP contribution in [0.2, 0.25) is 0 Å². The Morgan fingerprint density at radius 2 is 1.24 bits per heavy atom. The lowest BCUT2D eigenvalue weighted by Gasteiger charge is -2.21. The van der Waals surface area contributed by atoms with E-state index >= 15 is 0 Å². The first kappa shape index (κ1) is 21.0. The van der Waals surface area contributed by atoms with Crippen molar-refractivity contribution in [1.29, 1.82) is 0 Å². The van der Waals surface area contributed by atoms with E-state index in [2.05, 4.69) is 125 Å². The smallest absolute Gasteiger partial charge is 0.141 e. The third-order valence-electron chi connectivity index (χ3n) is 7.09. The summed E-state index contributed by atoms with van der Waals surface area (Å²) in [5.74, 6) is 0. The minimum Gasteiger partial charge on any atom is -0.456 e. The van der Waals surface area contributed by atoms with Crippen molar-refractivity contribution in [3.63, 3.8) is 0 Å². The molecule has 0 amide bonds. The second kappa shape index (κ2) is 6.99. The quantitative estimate of drug-likeness (QED) is 0.247. The van der Waals surface area contributed by atoms with Gasteiger partial charge in [0, 0.05) is 21.7 Å². The van der Waals surface area contributed by atoms with Gasteiger partial charge in [-0.25, -0.2) is 0 Å². The number of fused-ring (bicyclic) bond motifs is 6. The highest BCUT2D eigenvalue weighted by molar-refractivity contribution is 6.15. The highest BCUT2D eigenvalue weighted by Gasteiger charge is 2.25. The van der Waals surface area contributed by atoms with Gasteiger partial charge in [0.05, 0.1) is 22.1 Å². The van der Waals surface area contributed by atoms with Crippen LogP contribution in [0, 0.1) is 0 Å². The molecular weight excluding hydrogens is 414 g/mol. The first-order valence-electron chi connectivity index (χ1n) is 12.1. The van der Waals surface area contributed by atoms with Gasteiger partial charge in [-0.3, -0.25) is 0 Å². The van der Waals surface area contributed by atoms with Gasteiger partial charge in [-0.05, 0) is 46.7 Å². The fourth-order valence-corrected chi connectivity index (χ4v) is 5.29. The normalized spacial score (nSPS) is 13.0. The van der Waals surface area contributed by atoms with E-state index in [1.54, 1.807) is 0 Å². The monoisotopic (exact) mass is 445 g/mol. The molecule has 0 N–H and O–H groups in total. The topological polar surface area (TPSA) is 18.1 Å². The molecule has 0 spiro atoms. The maximum Gasteiger partial charge on any atom is 0.141 e. The molecule has 2 nitrogen and oxygen atoms in total. The maximum absolute atomic E-state index is 6.63. The highest BCUT2D eigenvalue weighted by atomic mass is 16.3. The summed E-state index contributed by atoms with van der Waals surface area (Å²) >= 11 is 0. The van der Waals surface area contributed by atoms with E-state index in [1.165, 1.54) is 49.4 Å². The number of nitrogens with zero attached hydrogens (tertiary/aromatic N) is 1. The maximum atomic E-state index is 6.63. The third-order valence-corrected chi connectivity index (χ3v) is 7.09. The van der Waals surface area contributed by atoms with E-state index in [0.717, 1.165) is 11.2 Å². The molecule has 0 saturated heterocycles. The molecule has 0 radical (unpaired) electrons. The average molecular weight is 446 g/mol. The summed E-state index contributed by atoms with van der Waals surface area (Å²) in [6, 6.07) is 28.6. The van der Waals surface area contributed by atoms with Gasteiger partial charge in [0.15, 0.2) is 0 Å². The molecule has 6 rings (SSSR count). The van der Waals surface area contributed by atoms with Gasteiger partial charge < -0.3 is 8.98 Å². The van der Waals surface area contributed by atoms with Crippen LogP contribution in [0.3, 0.4) is 0 Å². The molecule has 0 saturated carbocycles. The van der Waals surface area contributed by atoms with Gasteiger partial charge in [0.1, 0.15) is 11.2 Å². The number of furan rings is 1. The number of rotatable bonds is 1.